The Balaban J connectivity index is 2.06. The first-order chi connectivity index (χ1) is 7.95. The molecule has 1 aromatic rings. The van der Waals surface area contributed by atoms with E-state index < -0.39 is 11.7 Å². The molecule has 1 saturated carbocycles. The first-order valence-corrected chi connectivity index (χ1v) is 5.89. The van der Waals surface area contributed by atoms with Crippen LogP contribution in [0.1, 0.15) is 31.7 Å². The molecule has 4 heteroatoms. The van der Waals surface area contributed by atoms with E-state index in [9.17, 15) is 13.2 Å². The first kappa shape index (κ1) is 12.3. The van der Waals surface area contributed by atoms with Crippen molar-refractivity contribution in [2.75, 3.05) is 5.32 Å². The number of hydrogen-bond donors (Lipinski definition) is 1. The Hall–Kier alpha value is -1.19. The van der Waals surface area contributed by atoms with E-state index in [0.717, 1.165) is 25.3 Å². The van der Waals surface area contributed by atoms with Crippen molar-refractivity contribution in [3.8, 4) is 0 Å². The Kier molecular flexibility index (Phi) is 3.31. The zero-order valence-corrected chi connectivity index (χ0v) is 9.72. The van der Waals surface area contributed by atoms with E-state index in [1.807, 2.05) is 0 Å². The largest absolute Gasteiger partial charge is 0.416 e. The minimum absolute atomic E-state index is 0.313. The van der Waals surface area contributed by atoms with Gasteiger partial charge in [0, 0.05) is 11.7 Å². The Morgan fingerprint density at radius 3 is 2.59 bits per heavy atom. The number of anilines is 1. The number of nitrogens with one attached hydrogen (secondary N) is 1. The van der Waals surface area contributed by atoms with Crippen LogP contribution in [0.4, 0.5) is 18.9 Å². The van der Waals surface area contributed by atoms with Crippen molar-refractivity contribution in [2.24, 2.45) is 5.92 Å². The van der Waals surface area contributed by atoms with Gasteiger partial charge in [-0.15, -0.1) is 0 Å². The Morgan fingerprint density at radius 2 is 2.00 bits per heavy atom. The molecule has 94 valence electrons. The van der Waals surface area contributed by atoms with E-state index in [2.05, 4.69) is 12.2 Å². The maximum atomic E-state index is 12.5. The van der Waals surface area contributed by atoms with Gasteiger partial charge in [-0.1, -0.05) is 13.0 Å². The van der Waals surface area contributed by atoms with Gasteiger partial charge in [0.05, 0.1) is 5.56 Å². The fraction of sp³-hybridized carbons (Fsp3) is 0.538. The van der Waals surface area contributed by atoms with E-state index in [0.29, 0.717) is 17.6 Å². The second kappa shape index (κ2) is 4.59. The van der Waals surface area contributed by atoms with Gasteiger partial charge in [0.2, 0.25) is 0 Å². The highest BCUT2D eigenvalue weighted by atomic mass is 19.4. The minimum Gasteiger partial charge on any atom is -0.382 e. The topological polar surface area (TPSA) is 12.0 Å². The molecule has 2 atom stereocenters. The lowest BCUT2D eigenvalue weighted by molar-refractivity contribution is -0.137. The third-order valence-electron chi connectivity index (χ3n) is 3.26. The van der Waals surface area contributed by atoms with Crippen LogP contribution in [0.3, 0.4) is 0 Å². The lowest BCUT2D eigenvalue weighted by atomic mass is 10.1. The molecule has 1 fully saturated rings. The lowest BCUT2D eigenvalue weighted by Gasteiger charge is -2.15. The van der Waals surface area contributed by atoms with Crippen LogP contribution in [0.15, 0.2) is 24.3 Å². The summed E-state index contributed by atoms with van der Waals surface area (Å²) >= 11 is 0. The molecule has 1 N–H and O–H groups in total. The van der Waals surface area contributed by atoms with Crippen LogP contribution < -0.4 is 5.32 Å². The number of rotatable bonds is 2. The van der Waals surface area contributed by atoms with Crippen molar-refractivity contribution in [3.05, 3.63) is 29.8 Å². The maximum Gasteiger partial charge on any atom is 0.416 e. The van der Waals surface area contributed by atoms with E-state index in [4.69, 9.17) is 0 Å². The van der Waals surface area contributed by atoms with Gasteiger partial charge >= 0.3 is 6.18 Å². The maximum absolute atomic E-state index is 12.5. The van der Waals surface area contributed by atoms with Crippen LogP contribution in [0.5, 0.6) is 0 Å². The molecule has 0 bridgehead atoms. The Labute approximate surface area is 99.0 Å². The molecule has 0 radical (unpaired) electrons. The molecule has 0 spiro atoms. The van der Waals surface area contributed by atoms with Gasteiger partial charge in [0.25, 0.3) is 0 Å². The molecule has 0 saturated heterocycles. The van der Waals surface area contributed by atoms with E-state index in [1.165, 1.54) is 12.1 Å². The monoisotopic (exact) mass is 243 g/mol. The van der Waals surface area contributed by atoms with Crippen LogP contribution in [0, 0.1) is 5.92 Å². The van der Waals surface area contributed by atoms with E-state index in [-0.39, 0.29) is 0 Å². The fourth-order valence-electron chi connectivity index (χ4n) is 2.36. The predicted octanol–water partition coefficient (Wildman–Crippen LogP) is 4.31. The highest BCUT2D eigenvalue weighted by Crippen LogP contribution is 2.32. The summed E-state index contributed by atoms with van der Waals surface area (Å²) < 4.78 is 37.5. The molecule has 2 unspecified atom stereocenters. The average molecular weight is 243 g/mol. The molecule has 0 heterocycles. The molecule has 1 nitrogen and oxygen atoms in total. The second-order valence-electron chi connectivity index (χ2n) is 4.84. The SMILES string of the molecule is CC1CCC(Nc2cccc(C(F)(F)F)c2)C1. The summed E-state index contributed by atoms with van der Waals surface area (Å²) in [6.45, 7) is 2.17. The third-order valence-corrected chi connectivity index (χ3v) is 3.26. The van der Waals surface area contributed by atoms with Crippen LogP contribution in [0.25, 0.3) is 0 Å². The van der Waals surface area contributed by atoms with Crippen LogP contribution in [-0.2, 0) is 6.18 Å². The molecular weight excluding hydrogens is 227 g/mol. The van der Waals surface area contributed by atoms with Crippen molar-refractivity contribution < 1.29 is 13.2 Å². The molecule has 1 aromatic carbocycles. The minimum atomic E-state index is -4.26. The number of hydrogen-bond acceptors (Lipinski definition) is 1. The van der Waals surface area contributed by atoms with Crippen molar-refractivity contribution in [2.45, 2.75) is 38.4 Å². The first-order valence-electron chi connectivity index (χ1n) is 5.89. The van der Waals surface area contributed by atoms with Crippen molar-refractivity contribution >= 4 is 5.69 Å². The fourth-order valence-corrected chi connectivity index (χ4v) is 2.36. The Bertz CT molecular complexity index is 386. The zero-order valence-electron chi connectivity index (χ0n) is 9.72. The van der Waals surface area contributed by atoms with Crippen molar-refractivity contribution in [1.29, 1.82) is 0 Å². The highest BCUT2D eigenvalue weighted by Gasteiger charge is 2.30. The molecule has 2 rings (SSSR count). The van der Waals surface area contributed by atoms with E-state index >= 15 is 0 Å². The molecule has 0 amide bonds. The van der Waals surface area contributed by atoms with Gasteiger partial charge in [0.15, 0.2) is 0 Å². The second-order valence-corrected chi connectivity index (χ2v) is 4.84. The van der Waals surface area contributed by atoms with Crippen LogP contribution in [-0.4, -0.2) is 6.04 Å². The highest BCUT2D eigenvalue weighted by molar-refractivity contribution is 5.47. The number of halogens is 3. The van der Waals surface area contributed by atoms with Crippen molar-refractivity contribution in [1.82, 2.24) is 0 Å². The van der Waals surface area contributed by atoms with Crippen LogP contribution in [0.2, 0.25) is 0 Å². The van der Waals surface area contributed by atoms with Gasteiger partial charge < -0.3 is 5.32 Å². The molecule has 0 aromatic heterocycles. The van der Waals surface area contributed by atoms with Crippen molar-refractivity contribution in [3.63, 3.8) is 0 Å². The number of benzene rings is 1. The summed E-state index contributed by atoms with van der Waals surface area (Å²) in [7, 11) is 0. The Morgan fingerprint density at radius 1 is 1.24 bits per heavy atom. The van der Waals surface area contributed by atoms with Gasteiger partial charge in [-0.3, -0.25) is 0 Å². The smallest absolute Gasteiger partial charge is 0.382 e. The summed E-state index contributed by atoms with van der Waals surface area (Å²) in [6.07, 6.45) is -1.04. The summed E-state index contributed by atoms with van der Waals surface area (Å²) in [5.74, 6) is 0.665. The quantitative estimate of drug-likeness (QED) is 0.816. The van der Waals surface area contributed by atoms with Gasteiger partial charge in [-0.25, -0.2) is 0 Å². The zero-order chi connectivity index (χ0) is 12.5. The summed E-state index contributed by atoms with van der Waals surface area (Å²) in [4.78, 5) is 0. The summed E-state index contributed by atoms with van der Waals surface area (Å²) in [5, 5.41) is 3.18. The van der Waals surface area contributed by atoms with Crippen LogP contribution >= 0.6 is 0 Å². The number of alkyl halides is 3. The summed E-state index contributed by atoms with van der Waals surface area (Å²) in [6, 6.07) is 5.74. The summed E-state index contributed by atoms with van der Waals surface area (Å²) in [5.41, 5.74) is -0.0209. The lowest BCUT2D eigenvalue weighted by Crippen LogP contribution is -2.16. The van der Waals surface area contributed by atoms with Gasteiger partial charge in [-0.2, -0.15) is 13.2 Å². The normalized spacial score (nSPS) is 24.9. The average Bonchev–Trinajstić information content (AvgIpc) is 2.63. The van der Waals surface area contributed by atoms with E-state index in [1.54, 1.807) is 6.07 Å². The molecule has 1 aliphatic rings. The third kappa shape index (κ3) is 3.14. The van der Waals surface area contributed by atoms with Gasteiger partial charge in [-0.05, 0) is 43.4 Å². The van der Waals surface area contributed by atoms with Gasteiger partial charge in [0.1, 0.15) is 0 Å². The standard InChI is InChI=1S/C13H16F3N/c1-9-5-6-12(7-9)17-11-4-2-3-10(8-11)13(14,15)16/h2-4,8-9,12,17H,5-7H2,1H3. The molecule has 1 aliphatic carbocycles. The molecular formula is C13H16F3N. The molecule has 17 heavy (non-hydrogen) atoms. The molecule has 0 aliphatic heterocycles. The predicted molar refractivity (Wildman–Crippen MR) is 61.9 cm³/mol.